The van der Waals surface area contributed by atoms with Crippen molar-refractivity contribution in [1.29, 1.82) is 0 Å². The number of rotatable bonds is 4. The first-order valence-electron chi connectivity index (χ1n) is 9.12. The molecular weight excluding hydrogens is 288 g/mol. The molecule has 3 aliphatic rings. The van der Waals surface area contributed by atoms with Crippen molar-refractivity contribution in [1.82, 2.24) is 9.80 Å². The molecule has 3 heterocycles. The van der Waals surface area contributed by atoms with Crippen molar-refractivity contribution in [3.63, 3.8) is 0 Å². The van der Waals surface area contributed by atoms with Gasteiger partial charge >= 0.3 is 0 Å². The van der Waals surface area contributed by atoms with E-state index in [1.807, 2.05) is 0 Å². The smallest absolute Gasteiger partial charge is 0.0870 e. The lowest BCUT2D eigenvalue weighted by molar-refractivity contribution is -0.0508. The predicted molar refractivity (Wildman–Crippen MR) is 90.4 cm³/mol. The van der Waals surface area contributed by atoms with Gasteiger partial charge in [-0.1, -0.05) is 30.3 Å². The van der Waals surface area contributed by atoms with Gasteiger partial charge in [0.15, 0.2) is 0 Å². The lowest BCUT2D eigenvalue weighted by atomic mass is 10.1. The Morgan fingerprint density at radius 1 is 1.00 bits per heavy atom. The maximum absolute atomic E-state index is 6.07. The summed E-state index contributed by atoms with van der Waals surface area (Å²) in [7, 11) is 0. The molecule has 3 fully saturated rings. The van der Waals surface area contributed by atoms with Crippen LogP contribution in [0.2, 0.25) is 0 Å². The number of ether oxygens (including phenoxy) is 2. The van der Waals surface area contributed by atoms with Gasteiger partial charge < -0.3 is 9.47 Å². The maximum Gasteiger partial charge on any atom is 0.0870 e. The Kier molecular flexibility index (Phi) is 4.95. The minimum absolute atomic E-state index is 0.371. The van der Waals surface area contributed by atoms with Gasteiger partial charge in [-0.15, -0.1) is 0 Å². The fourth-order valence-electron chi connectivity index (χ4n) is 4.24. The highest BCUT2D eigenvalue weighted by Crippen LogP contribution is 2.26. The minimum Gasteiger partial charge on any atom is -0.377 e. The third-order valence-corrected chi connectivity index (χ3v) is 5.46. The first kappa shape index (κ1) is 15.6. The van der Waals surface area contributed by atoms with E-state index in [2.05, 4.69) is 40.1 Å². The van der Waals surface area contributed by atoms with Crippen LogP contribution < -0.4 is 0 Å². The summed E-state index contributed by atoms with van der Waals surface area (Å²) in [5.74, 6) is 0. The SMILES string of the molecule is c1ccc(CN2CCO[C@@H]3CN(C[C@@H]4CCCCO4)C[C@H]32)cc1. The van der Waals surface area contributed by atoms with Crippen LogP contribution >= 0.6 is 0 Å². The van der Waals surface area contributed by atoms with Gasteiger partial charge in [0, 0.05) is 39.3 Å². The summed E-state index contributed by atoms with van der Waals surface area (Å²) in [6, 6.07) is 11.4. The Morgan fingerprint density at radius 2 is 1.91 bits per heavy atom. The Bertz CT molecular complexity index is 489. The van der Waals surface area contributed by atoms with Gasteiger partial charge in [0.2, 0.25) is 0 Å². The van der Waals surface area contributed by atoms with E-state index >= 15 is 0 Å². The highest BCUT2D eigenvalue weighted by atomic mass is 16.5. The zero-order valence-electron chi connectivity index (χ0n) is 13.9. The fourth-order valence-corrected chi connectivity index (χ4v) is 4.24. The molecule has 0 unspecified atom stereocenters. The van der Waals surface area contributed by atoms with Crippen molar-refractivity contribution in [2.24, 2.45) is 0 Å². The highest BCUT2D eigenvalue weighted by Gasteiger charge is 2.40. The average Bonchev–Trinajstić information content (AvgIpc) is 3.00. The molecule has 0 amide bonds. The number of likely N-dealkylation sites (tertiary alicyclic amines) is 1. The summed E-state index contributed by atoms with van der Waals surface area (Å²) in [4.78, 5) is 5.18. The van der Waals surface area contributed by atoms with Crippen LogP contribution in [-0.2, 0) is 16.0 Å². The molecule has 4 rings (SSSR count). The summed E-state index contributed by atoms with van der Waals surface area (Å²) in [6.45, 7) is 7.16. The van der Waals surface area contributed by atoms with Crippen LogP contribution in [0.5, 0.6) is 0 Å². The van der Waals surface area contributed by atoms with Crippen LogP contribution in [0.1, 0.15) is 24.8 Å². The maximum atomic E-state index is 6.07. The largest absolute Gasteiger partial charge is 0.377 e. The minimum atomic E-state index is 0.371. The van der Waals surface area contributed by atoms with Crippen molar-refractivity contribution in [2.45, 2.75) is 44.1 Å². The van der Waals surface area contributed by atoms with Gasteiger partial charge in [-0.3, -0.25) is 9.80 Å². The first-order valence-corrected chi connectivity index (χ1v) is 9.12. The summed E-state index contributed by atoms with van der Waals surface area (Å²) >= 11 is 0. The molecule has 0 N–H and O–H groups in total. The number of nitrogens with zero attached hydrogens (tertiary/aromatic N) is 2. The molecule has 0 radical (unpaired) electrons. The third-order valence-electron chi connectivity index (χ3n) is 5.46. The van der Waals surface area contributed by atoms with Crippen LogP contribution in [0.25, 0.3) is 0 Å². The van der Waals surface area contributed by atoms with E-state index in [4.69, 9.17) is 9.47 Å². The van der Waals surface area contributed by atoms with E-state index in [1.54, 1.807) is 0 Å². The van der Waals surface area contributed by atoms with E-state index in [9.17, 15) is 0 Å². The number of fused-ring (bicyclic) bond motifs is 1. The molecule has 1 aromatic rings. The number of hydrogen-bond acceptors (Lipinski definition) is 4. The van der Waals surface area contributed by atoms with Crippen LogP contribution in [0.3, 0.4) is 0 Å². The van der Waals surface area contributed by atoms with Crippen molar-refractivity contribution in [3.8, 4) is 0 Å². The van der Waals surface area contributed by atoms with E-state index in [1.165, 1.54) is 24.8 Å². The molecule has 3 atom stereocenters. The summed E-state index contributed by atoms with van der Waals surface area (Å²) in [5.41, 5.74) is 1.40. The van der Waals surface area contributed by atoms with Gasteiger partial charge in [0.05, 0.1) is 24.9 Å². The second-order valence-corrected chi connectivity index (χ2v) is 7.14. The van der Waals surface area contributed by atoms with Crippen LogP contribution in [0.15, 0.2) is 30.3 Å². The van der Waals surface area contributed by atoms with Crippen LogP contribution in [0.4, 0.5) is 0 Å². The molecule has 0 spiro atoms. The van der Waals surface area contributed by atoms with Crippen LogP contribution in [-0.4, -0.2) is 67.4 Å². The number of benzene rings is 1. The van der Waals surface area contributed by atoms with Gasteiger partial charge in [0.25, 0.3) is 0 Å². The molecule has 0 aliphatic carbocycles. The topological polar surface area (TPSA) is 24.9 Å². The Morgan fingerprint density at radius 3 is 2.74 bits per heavy atom. The quantitative estimate of drug-likeness (QED) is 0.850. The summed E-state index contributed by atoms with van der Waals surface area (Å²) in [6.07, 6.45) is 4.58. The Labute approximate surface area is 139 Å². The molecule has 3 saturated heterocycles. The summed E-state index contributed by atoms with van der Waals surface area (Å²) < 4.78 is 12.0. The van der Waals surface area contributed by atoms with E-state index in [0.29, 0.717) is 18.2 Å². The van der Waals surface area contributed by atoms with Gasteiger partial charge in [-0.2, -0.15) is 0 Å². The zero-order chi connectivity index (χ0) is 15.5. The molecule has 126 valence electrons. The van der Waals surface area contributed by atoms with Crippen molar-refractivity contribution in [3.05, 3.63) is 35.9 Å². The lowest BCUT2D eigenvalue weighted by Crippen LogP contribution is -2.50. The second-order valence-electron chi connectivity index (χ2n) is 7.14. The van der Waals surface area contributed by atoms with Gasteiger partial charge in [-0.25, -0.2) is 0 Å². The molecule has 23 heavy (non-hydrogen) atoms. The molecule has 0 aromatic heterocycles. The molecule has 4 heteroatoms. The molecule has 0 saturated carbocycles. The van der Waals surface area contributed by atoms with E-state index in [0.717, 1.165) is 45.9 Å². The zero-order valence-corrected chi connectivity index (χ0v) is 13.9. The van der Waals surface area contributed by atoms with Crippen LogP contribution in [0, 0.1) is 0 Å². The van der Waals surface area contributed by atoms with Crippen molar-refractivity contribution < 1.29 is 9.47 Å². The van der Waals surface area contributed by atoms with Crippen molar-refractivity contribution in [2.75, 3.05) is 39.4 Å². The van der Waals surface area contributed by atoms with Crippen molar-refractivity contribution >= 4 is 0 Å². The Balaban J connectivity index is 1.36. The van der Waals surface area contributed by atoms with Gasteiger partial charge in [-0.05, 0) is 24.8 Å². The highest BCUT2D eigenvalue weighted by molar-refractivity contribution is 5.15. The van der Waals surface area contributed by atoms with E-state index in [-0.39, 0.29) is 0 Å². The average molecular weight is 316 g/mol. The monoisotopic (exact) mass is 316 g/mol. The number of morpholine rings is 1. The lowest BCUT2D eigenvalue weighted by Gasteiger charge is -2.37. The molecule has 4 nitrogen and oxygen atoms in total. The molecule has 1 aromatic carbocycles. The third kappa shape index (κ3) is 3.77. The first-order chi connectivity index (χ1) is 11.4. The van der Waals surface area contributed by atoms with Gasteiger partial charge in [0.1, 0.15) is 0 Å². The standard InChI is InChI=1S/C19H28N2O2/c1-2-6-16(7-3-1)12-21-9-11-23-19-15-20(14-18(19)21)13-17-8-4-5-10-22-17/h1-3,6-7,17-19H,4-5,8-15H2/t17-,18+,19+/m0/s1. The molecule has 3 aliphatic heterocycles. The molecular formula is C19H28N2O2. The predicted octanol–water partition coefficient (Wildman–Crippen LogP) is 2.14. The normalized spacial score (nSPS) is 32.8. The second kappa shape index (κ2) is 7.31. The summed E-state index contributed by atoms with van der Waals surface area (Å²) in [5, 5.41) is 0. The fraction of sp³-hybridized carbons (Fsp3) is 0.684. The molecule has 0 bridgehead atoms. The number of hydrogen-bond donors (Lipinski definition) is 0. The van der Waals surface area contributed by atoms with E-state index < -0.39 is 0 Å². The Hall–Kier alpha value is -0.940.